The molecule has 3 nitrogen and oxygen atoms in total. The first-order valence-electron chi connectivity index (χ1n) is 5.79. The minimum atomic E-state index is 0.576. The number of hydrogen-bond acceptors (Lipinski definition) is 3. The fraction of sp³-hybridized carbons (Fsp3) is 0.214. The highest BCUT2D eigenvalue weighted by Crippen LogP contribution is 2.24. The Morgan fingerprint density at radius 1 is 1.17 bits per heavy atom. The number of anilines is 1. The molecular weight excluding hydrogens is 246 g/mol. The lowest BCUT2D eigenvalue weighted by Crippen LogP contribution is -2.16. The first-order chi connectivity index (χ1) is 8.70. The largest absolute Gasteiger partial charge is 0.369 e. The molecule has 0 radical (unpaired) electrons. The maximum atomic E-state index is 6.11. The van der Waals surface area contributed by atoms with Crippen LogP contribution in [0.1, 0.15) is 11.1 Å². The van der Waals surface area contributed by atoms with Gasteiger partial charge in [-0.05, 0) is 17.2 Å². The first kappa shape index (κ1) is 12.9. The highest BCUT2D eigenvalue weighted by molar-refractivity contribution is 6.33. The zero-order valence-electron chi connectivity index (χ0n) is 10.3. The zero-order chi connectivity index (χ0) is 13.0. The summed E-state index contributed by atoms with van der Waals surface area (Å²) in [5.41, 5.74) is 8.92. The number of nitrogens with two attached hydrogens (primary N) is 1. The maximum Gasteiger partial charge on any atom is 0.0822 e. The number of pyridine rings is 1. The average Bonchev–Trinajstić information content (AvgIpc) is 2.40. The van der Waals surface area contributed by atoms with Gasteiger partial charge >= 0.3 is 0 Å². The number of benzene rings is 1. The molecule has 18 heavy (non-hydrogen) atoms. The van der Waals surface area contributed by atoms with Crippen LogP contribution >= 0.6 is 11.6 Å². The average molecular weight is 262 g/mol. The molecule has 0 bridgehead atoms. The summed E-state index contributed by atoms with van der Waals surface area (Å²) in [5.74, 6) is 0. The smallest absolute Gasteiger partial charge is 0.0822 e. The van der Waals surface area contributed by atoms with E-state index in [1.807, 2.05) is 13.1 Å². The lowest BCUT2D eigenvalue weighted by molar-refractivity contribution is 0.918. The van der Waals surface area contributed by atoms with Crippen LogP contribution in [0.4, 0.5) is 5.69 Å². The van der Waals surface area contributed by atoms with E-state index in [4.69, 9.17) is 17.3 Å². The van der Waals surface area contributed by atoms with E-state index in [2.05, 4.69) is 34.1 Å². The van der Waals surface area contributed by atoms with Gasteiger partial charge in [-0.15, -0.1) is 0 Å². The number of hydrogen-bond donors (Lipinski definition) is 1. The Balaban J connectivity index is 2.11. The highest BCUT2D eigenvalue weighted by atomic mass is 35.5. The fourth-order valence-electron chi connectivity index (χ4n) is 1.82. The standard InChI is InChI=1S/C14H16ClN3/c1-18(14-6-7-17-9-13(14)15)10-12-4-2-11(8-16)3-5-12/h2-7,9H,8,10,16H2,1H3. The van der Waals surface area contributed by atoms with Crippen molar-refractivity contribution in [3.63, 3.8) is 0 Å². The van der Waals surface area contributed by atoms with Gasteiger partial charge in [0.05, 0.1) is 10.7 Å². The minimum absolute atomic E-state index is 0.576. The Labute approximate surface area is 112 Å². The van der Waals surface area contributed by atoms with Gasteiger partial charge in [-0.3, -0.25) is 4.98 Å². The van der Waals surface area contributed by atoms with Crippen LogP contribution in [0.3, 0.4) is 0 Å². The van der Waals surface area contributed by atoms with Crippen molar-refractivity contribution in [2.75, 3.05) is 11.9 Å². The predicted molar refractivity (Wildman–Crippen MR) is 75.7 cm³/mol. The van der Waals surface area contributed by atoms with E-state index in [1.165, 1.54) is 5.56 Å². The molecule has 0 aliphatic rings. The Hall–Kier alpha value is -1.58. The van der Waals surface area contributed by atoms with E-state index in [1.54, 1.807) is 12.4 Å². The van der Waals surface area contributed by atoms with Crippen LogP contribution < -0.4 is 10.6 Å². The number of halogens is 1. The molecule has 0 saturated carbocycles. The normalized spacial score (nSPS) is 10.4. The molecule has 0 unspecified atom stereocenters. The number of nitrogens with zero attached hydrogens (tertiary/aromatic N) is 2. The molecule has 2 aromatic rings. The molecule has 0 atom stereocenters. The zero-order valence-corrected chi connectivity index (χ0v) is 11.1. The van der Waals surface area contributed by atoms with Gasteiger partial charge in [-0.25, -0.2) is 0 Å². The molecule has 1 aromatic carbocycles. The molecule has 2 rings (SSSR count). The molecule has 0 saturated heterocycles. The van der Waals surface area contributed by atoms with Crippen molar-refractivity contribution in [1.82, 2.24) is 4.98 Å². The van der Waals surface area contributed by atoms with Crippen molar-refractivity contribution in [1.29, 1.82) is 0 Å². The predicted octanol–water partition coefficient (Wildman–Crippen LogP) is 2.83. The highest BCUT2D eigenvalue weighted by Gasteiger charge is 2.06. The Morgan fingerprint density at radius 3 is 2.44 bits per heavy atom. The summed E-state index contributed by atoms with van der Waals surface area (Å²) in [6.07, 6.45) is 3.40. The lowest BCUT2D eigenvalue weighted by atomic mass is 10.1. The Morgan fingerprint density at radius 2 is 1.83 bits per heavy atom. The summed E-state index contributed by atoms with van der Waals surface area (Å²) < 4.78 is 0. The van der Waals surface area contributed by atoms with E-state index in [9.17, 15) is 0 Å². The molecule has 2 N–H and O–H groups in total. The topological polar surface area (TPSA) is 42.1 Å². The van der Waals surface area contributed by atoms with Crippen LogP contribution in [0.25, 0.3) is 0 Å². The molecule has 4 heteroatoms. The maximum absolute atomic E-state index is 6.11. The van der Waals surface area contributed by atoms with Gasteiger partial charge in [0.1, 0.15) is 0 Å². The summed E-state index contributed by atoms with van der Waals surface area (Å²) in [6, 6.07) is 10.2. The fourth-order valence-corrected chi connectivity index (χ4v) is 2.08. The molecule has 0 spiro atoms. The van der Waals surface area contributed by atoms with E-state index in [0.29, 0.717) is 11.6 Å². The van der Waals surface area contributed by atoms with Gasteiger partial charge in [0.15, 0.2) is 0 Å². The summed E-state index contributed by atoms with van der Waals surface area (Å²) in [6.45, 7) is 1.38. The molecule has 0 aliphatic heterocycles. The second kappa shape index (κ2) is 5.85. The molecule has 1 heterocycles. The van der Waals surface area contributed by atoms with Crippen molar-refractivity contribution in [3.05, 3.63) is 58.9 Å². The second-order valence-electron chi connectivity index (χ2n) is 4.20. The third-order valence-corrected chi connectivity index (χ3v) is 3.13. The van der Waals surface area contributed by atoms with E-state index >= 15 is 0 Å². The monoisotopic (exact) mass is 261 g/mol. The van der Waals surface area contributed by atoms with Crippen molar-refractivity contribution in [3.8, 4) is 0 Å². The van der Waals surface area contributed by atoms with Crippen LogP contribution in [0.2, 0.25) is 5.02 Å². The quantitative estimate of drug-likeness (QED) is 0.920. The molecular formula is C14H16ClN3. The Kier molecular flexibility index (Phi) is 4.18. The third kappa shape index (κ3) is 3.00. The van der Waals surface area contributed by atoms with Crippen molar-refractivity contribution < 1.29 is 0 Å². The van der Waals surface area contributed by atoms with Crippen LogP contribution in [0, 0.1) is 0 Å². The van der Waals surface area contributed by atoms with E-state index in [-0.39, 0.29) is 0 Å². The van der Waals surface area contributed by atoms with E-state index in [0.717, 1.165) is 17.8 Å². The van der Waals surface area contributed by atoms with Gasteiger partial charge in [-0.1, -0.05) is 35.9 Å². The minimum Gasteiger partial charge on any atom is -0.369 e. The van der Waals surface area contributed by atoms with Gasteiger partial charge in [-0.2, -0.15) is 0 Å². The van der Waals surface area contributed by atoms with Crippen molar-refractivity contribution >= 4 is 17.3 Å². The summed E-state index contributed by atoms with van der Waals surface area (Å²) in [4.78, 5) is 6.08. The third-order valence-electron chi connectivity index (χ3n) is 2.84. The van der Waals surface area contributed by atoms with Crippen molar-refractivity contribution in [2.24, 2.45) is 5.73 Å². The lowest BCUT2D eigenvalue weighted by Gasteiger charge is -2.20. The Bertz CT molecular complexity index is 511. The van der Waals surface area contributed by atoms with E-state index < -0.39 is 0 Å². The summed E-state index contributed by atoms with van der Waals surface area (Å²) in [5, 5.41) is 0.665. The summed E-state index contributed by atoms with van der Waals surface area (Å²) >= 11 is 6.11. The molecule has 94 valence electrons. The van der Waals surface area contributed by atoms with Gasteiger partial charge in [0, 0.05) is 32.5 Å². The van der Waals surface area contributed by atoms with Gasteiger partial charge in [0.25, 0.3) is 0 Å². The SMILES string of the molecule is CN(Cc1ccc(CN)cc1)c1ccncc1Cl. The second-order valence-corrected chi connectivity index (χ2v) is 4.61. The van der Waals surface area contributed by atoms with Gasteiger partial charge < -0.3 is 10.6 Å². The van der Waals surface area contributed by atoms with Crippen LogP contribution in [-0.4, -0.2) is 12.0 Å². The molecule has 0 fully saturated rings. The molecule has 0 amide bonds. The first-order valence-corrected chi connectivity index (χ1v) is 6.17. The molecule has 0 aliphatic carbocycles. The van der Waals surface area contributed by atoms with Crippen LogP contribution in [-0.2, 0) is 13.1 Å². The number of rotatable bonds is 4. The van der Waals surface area contributed by atoms with Crippen LogP contribution in [0.15, 0.2) is 42.7 Å². The van der Waals surface area contributed by atoms with Crippen LogP contribution in [0.5, 0.6) is 0 Å². The van der Waals surface area contributed by atoms with Crippen molar-refractivity contribution in [2.45, 2.75) is 13.1 Å². The number of aromatic nitrogens is 1. The molecule has 1 aromatic heterocycles. The van der Waals surface area contributed by atoms with Gasteiger partial charge in [0.2, 0.25) is 0 Å². The summed E-state index contributed by atoms with van der Waals surface area (Å²) in [7, 11) is 2.01.